The minimum atomic E-state index is -0.573. The lowest BCUT2D eigenvalue weighted by atomic mass is 10.2. The Kier molecular flexibility index (Phi) is 8.47. The molecule has 1 heterocycles. The van der Waals surface area contributed by atoms with Crippen LogP contribution in [0.2, 0.25) is 5.02 Å². The number of halogens is 4. The quantitative estimate of drug-likeness (QED) is 0.111. The molecule has 0 aliphatic heterocycles. The van der Waals surface area contributed by atoms with E-state index in [1.54, 1.807) is 12.1 Å². The maximum atomic E-state index is 13.2. The molecule has 3 aromatic carbocycles. The van der Waals surface area contributed by atoms with Crippen LogP contribution < -0.4 is 10.3 Å². The number of nitrogens with zero attached hydrogens (tertiary/aromatic N) is 4. The zero-order valence-electron chi connectivity index (χ0n) is 19.4. The molecule has 12 heteroatoms. The van der Waals surface area contributed by atoms with Gasteiger partial charge < -0.3 is 4.74 Å². The number of hydrogen-bond acceptors (Lipinski definition) is 6. The number of fused-ring (bicyclic) bond motifs is 1. The van der Waals surface area contributed by atoms with Gasteiger partial charge in [0.25, 0.3) is 5.56 Å². The molecule has 8 nitrogen and oxygen atoms in total. The SMILES string of the molecule is CC(C)c1nc2ccc(Br)cc2c(=O)n1N=Cc1cc(Cl)c(OCc2ccc(Br)cc2Br)c([N+](=O)[O-])c1. The first kappa shape index (κ1) is 27.4. The fraction of sp³-hybridized carbons (Fsp3) is 0.160. The van der Waals surface area contributed by atoms with Crippen LogP contribution >= 0.6 is 59.4 Å². The molecular formula is C25H18Br3ClN4O4. The molecule has 0 unspecified atom stereocenters. The molecule has 0 atom stereocenters. The van der Waals surface area contributed by atoms with Crippen molar-refractivity contribution < 1.29 is 9.66 Å². The molecular weight excluding hydrogens is 695 g/mol. The molecule has 0 amide bonds. The van der Waals surface area contributed by atoms with Crippen molar-refractivity contribution in [2.45, 2.75) is 26.4 Å². The van der Waals surface area contributed by atoms with Crippen LogP contribution in [0.25, 0.3) is 10.9 Å². The highest BCUT2D eigenvalue weighted by Crippen LogP contribution is 2.37. The normalized spacial score (nSPS) is 11.5. The zero-order chi connectivity index (χ0) is 26.9. The van der Waals surface area contributed by atoms with Crippen molar-refractivity contribution in [3.63, 3.8) is 0 Å². The first-order valence-electron chi connectivity index (χ1n) is 10.9. The monoisotopic (exact) mass is 710 g/mol. The molecule has 0 aliphatic carbocycles. The van der Waals surface area contributed by atoms with Gasteiger partial charge in [0.1, 0.15) is 12.4 Å². The fourth-order valence-corrected chi connectivity index (χ4v) is 5.32. The maximum Gasteiger partial charge on any atom is 0.313 e. The van der Waals surface area contributed by atoms with Gasteiger partial charge in [0.15, 0.2) is 0 Å². The lowest BCUT2D eigenvalue weighted by Gasteiger charge is -2.12. The van der Waals surface area contributed by atoms with Crippen LogP contribution in [-0.4, -0.2) is 20.8 Å². The van der Waals surface area contributed by atoms with Crippen LogP contribution in [0, 0.1) is 10.1 Å². The molecule has 0 saturated carbocycles. The lowest BCUT2D eigenvalue weighted by Crippen LogP contribution is -2.23. The Bertz CT molecular complexity index is 1620. The average Bonchev–Trinajstić information content (AvgIpc) is 2.83. The molecule has 4 rings (SSSR count). The fourth-order valence-electron chi connectivity index (χ4n) is 3.52. The summed E-state index contributed by atoms with van der Waals surface area (Å²) >= 11 is 16.6. The minimum absolute atomic E-state index is 0.0425. The van der Waals surface area contributed by atoms with Gasteiger partial charge in [0.05, 0.1) is 27.1 Å². The summed E-state index contributed by atoms with van der Waals surface area (Å²) in [5, 5.41) is 16.6. The molecule has 0 fully saturated rings. The Balaban J connectivity index is 1.72. The maximum absolute atomic E-state index is 13.2. The highest BCUT2D eigenvalue weighted by molar-refractivity contribution is 9.11. The second kappa shape index (κ2) is 11.4. The summed E-state index contributed by atoms with van der Waals surface area (Å²) in [6.45, 7) is 3.86. The van der Waals surface area contributed by atoms with Crippen LogP contribution in [-0.2, 0) is 6.61 Å². The molecule has 37 heavy (non-hydrogen) atoms. The van der Waals surface area contributed by atoms with Gasteiger partial charge in [-0.1, -0.05) is 79.3 Å². The summed E-state index contributed by atoms with van der Waals surface area (Å²) in [5.74, 6) is 0.289. The third kappa shape index (κ3) is 6.11. The molecule has 190 valence electrons. The van der Waals surface area contributed by atoms with E-state index < -0.39 is 4.92 Å². The Morgan fingerprint density at radius 3 is 2.51 bits per heavy atom. The van der Waals surface area contributed by atoms with Crippen LogP contribution in [0.4, 0.5) is 5.69 Å². The molecule has 0 N–H and O–H groups in total. The van der Waals surface area contributed by atoms with Crippen molar-refractivity contribution in [2.24, 2.45) is 5.10 Å². The van der Waals surface area contributed by atoms with E-state index in [1.807, 2.05) is 38.1 Å². The van der Waals surface area contributed by atoms with Gasteiger partial charge in [-0.3, -0.25) is 14.9 Å². The van der Waals surface area contributed by atoms with E-state index in [4.69, 9.17) is 16.3 Å². The van der Waals surface area contributed by atoms with E-state index in [9.17, 15) is 14.9 Å². The summed E-state index contributed by atoms with van der Waals surface area (Å²) in [4.78, 5) is 29.1. The van der Waals surface area contributed by atoms with Crippen molar-refractivity contribution >= 4 is 82.2 Å². The predicted octanol–water partition coefficient (Wildman–Crippen LogP) is 7.83. The highest BCUT2D eigenvalue weighted by atomic mass is 79.9. The van der Waals surface area contributed by atoms with E-state index in [0.717, 1.165) is 19.0 Å². The number of benzene rings is 3. The largest absolute Gasteiger partial charge is 0.481 e. The average molecular weight is 714 g/mol. The zero-order valence-corrected chi connectivity index (χ0v) is 24.9. The highest BCUT2D eigenvalue weighted by Gasteiger charge is 2.21. The van der Waals surface area contributed by atoms with Crippen molar-refractivity contribution in [3.05, 3.63) is 104 Å². The summed E-state index contributed by atoms with van der Waals surface area (Å²) in [7, 11) is 0. The molecule has 1 aromatic heterocycles. The van der Waals surface area contributed by atoms with Gasteiger partial charge in [0, 0.05) is 36.5 Å². The van der Waals surface area contributed by atoms with Crippen molar-refractivity contribution in [1.29, 1.82) is 0 Å². The van der Waals surface area contributed by atoms with E-state index >= 15 is 0 Å². The number of nitro benzene ring substituents is 1. The van der Waals surface area contributed by atoms with Crippen LogP contribution in [0.15, 0.2) is 71.8 Å². The summed E-state index contributed by atoms with van der Waals surface area (Å²) in [5.41, 5.74) is 0.993. The number of nitro groups is 1. The van der Waals surface area contributed by atoms with E-state index in [-0.39, 0.29) is 34.5 Å². The standard InChI is InChI=1S/C25H18Br3ClN4O4/c1-13(2)24-31-21-6-5-16(26)9-18(21)25(34)32(24)30-11-14-7-20(29)23(22(8-14)33(35)36)37-12-15-3-4-17(27)10-19(15)28/h3-11,13H,12H2,1-2H3. The van der Waals surface area contributed by atoms with Crippen LogP contribution in [0.3, 0.4) is 0 Å². The first-order chi connectivity index (χ1) is 17.5. The molecule has 0 aliphatic rings. The Hall–Kier alpha value is -2.60. The van der Waals surface area contributed by atoms with Gasteiger partial charge >= 0.3 is 5.69 Å². The topological polar surface area (TPSA) is 99.6 Å². The van der Waals surface area contributed by atoms with Gasteiger partial charge in [-0.05, 0) is 36.4 Å². The summed E-state index contributed by atoms with van der Waals surface area (Å²) < 4.78 is 9.35. The number of aromatic nitrogens is 2. The lowest BCUT2D eigenvalue weighted by molar-refractivity contribution is -0.385. The molecule has 0 bridgehead atoms. The van der Waals surface area contributed by atoms with Crippen LogP contribution in [0.5, 0.6) is 5.75 Å². The van der Waals surface area contributed by atoms with Gasteiger partial charge in [0.2, 0.25) is 5.75 Å². The van der Waals surface area contributed by atoms with E-state index in [2.05, 4.69) is 57.9 Å². The Morgan fingerprint density at radius 2 is 1.84 bits per heavy atom. The van der Waals surface area contributed by atoms with Crippen LogP contribution in [0.1, 0.15) is 36.7 Å². The molecule has 0 spiro atoms. The number of hydrogen-bond donors (Lipinski definition) is 0. The summed E-state index contributed by atoms with van der Waals surface area (Å²) in [6, 6.07) is 13.6. The molecule has 4 aromatic rings. The van der Waals surface area contributed by atoms with E-state index in [0.29, 0.717) is 22.3 Å². The first-order valence-corrected chi connectivity index (χ1v) is 13.6. The minimum Gasteiger partial charge on any atom is -0.481 e. The third-order valence-electron chi connectivity index (χ3n) is 5.30. The third-order valence-corrected chi connectivity index (χ3v) is 7.31. The summed E-state index contributed by atoms with van der Waals surface area (Å²) in [6.07, 6.45) is 1.34. The van der Waals surface area contributed by atoms with Crippen molar-refractivity contribution in [1.82, 2.24) is 9.66 Å². The Morgan fingerprint density at radius 1 is 1.14 bits per heavy atom. The second-order valence-electron chi connectivity index (χ2n) is 8.28. The number of rotatable bonds is 7. The van der Waals surface area contributed by atoms with Gasteiger partial charge in [-0.2, -0.15) is 9.78 Å². The number of ether oxygens (including phenoxy) is 1. The van der Waals surface area contributed by atoms with E-state index in [1.165, 1.54) is 23.0 Å². The van der Waals surface area contributed by atoms with Gasteiger partial charge in [-0.15, -0.1) is 0 Å². The van der Waals surface area contributed by atoms with Crippen molar-refractivity contribution in [2.75, 3.05) is 0 Å². The molecule has 0 saturated heterocycles. The Labute approximate surface area is 241 Å². The predicted molar refractivity (Wildman–Crippen MR) is 155 cm³/mol. The van der Waals surface area contributed by atoms with Gasteiger partial charge in [-0.25, -0.2) is 4.98 Å². The smallest absolute Gasteiger partial charge is 0.313 e. The second-order valence-corrected chi connectivity index (χ2v) is 11.4. The molecule has 0 radical (unpaired) electrons. The van der Waals surface area contributed by atoms with Crippen molar-refractivity contribution in [3.8, 4) is 5.75 Å².